The number of carbonyl (C=O) groups is 1. The summed E-state index contributed by atoms with van der Waals surface area (Å²) >= 11 is 3.48. The average molecular weight is 401 g/mol. The number of carbonyl (C=O) groups excluding carboxylic acids is 1. The van der Waals surface area contributed by atoms with Crippen LogP contribution in [0.3, 0.4) is 0 Å². The number of aromatic amines is 1. The highest BCUT2D eigenvalue weighted by Crippen LogP contribution is 2.25. The molecule has 0 radical (unpaired) electrons. The summed E-state index contributed by atoms with van der Waals surface area (Å²) in [6, 6.07) is 7.51. The summed E-state index contributed by atoms with van der Waals surface area (Å²) < 4.78 is 6.24. The van der Waals surface area contributed by atoms with Crippen LogP contribution < -0.4 is 0 Å². The van der Waals surface area contributed by atoms with Gasteiger partial charge < -0.3 is 14.6 Å². The molecule has 0 unspecified atom stereocenters. The van der Waals surface area contributed by atoms with Crippen LogP contribution in [0.4, 0.5) is 0 Å². The molecule has 128 valence electrons. The van der Waals surface area contributed by atoms with Crippen LogP contribution in [0.15, 0.2) is 34.9 Å². The molecule has 1 saturated heterocycles. The van der Waals surface area contributed by atoms with E-state index in [0.29, 0.717) is 37.5 Å². The number of aromatic nitrogens is 3. The van der Waals surface area contributed by atoms with Gasteiger partial charge in [-0.2, -0.15) is 0 Å². The second-order valence-corrected chi connectivity index (χ2v) is 6.85. The van der Waals surface area contributed by atoms with E-state index in [1.807, 2.05) is 36.1 Å². The summed E-state index contributed by atoms with van der Waals surface area (Å²) in [5.41, 5.74) is 4.27. The van der Waals surface area contributed by atoms with E-state index in [0.717, 1.165) is 26.9 Å². The Labute approximate surface area is 153 Å². The molecular weight excluding hydrogens is 384 g/mol. The van der Waals surface area contributed by atoms with Crippen LogP contribution in [0.5, 0.6) is 0 Å². The van der Waals surface area contributed by atoms with E-state index in [1.165, 1.54) is 0 Å². The van der Waals surface area contributed by atoms with E-state index < -0.39 is 0 Å². The van der Waals surface area contributed by atoms with Gasteiger partial charge in [0.1, 0.15) is 5.82 Å². The Hall–Kier alpha value is -2.25. The molecule has 0 spiro atoms. The second-order valence-electron chi connectivity index (χ2n) is 6.00. The number of hydrogen-bond donors (Lipinski definition) is 1. The number of pyridine rings is 1. The highest BCUT2D eigenvalue weighted by molar-refractivity contribution is 9.10. The smallest absolute Gasteiger partial charge is 0.254 e. The molecule has 2 aromatic heterocycles. The molecular formula is C18H17BrN4O2. The molecule has 7 heteroatoms. The quantitative estimate of drug-likeness (QED) is 0.716. The van der Waals surface area contributed by atoms with Gasteiger partial charge in [-0.1, -0.05) is 12.1 Å². The van der Waals surface area contributed by atoms with E-state index in [-0.39, 0.29) is 5.91 Å². The van der Waals surface area contributed by atoms with Crippen LogP contribution in [-0.4, -0.2) is 52.1 Å². The van der Waals surface area contributed by atoms with Crippen LogP contribution in [0.1, 0.15) is 15.9 Å². The zero-order valence-corrected chi connectivity index (χ0v) is 15.3. The summed E-state index contributed by atoms with van der Waals surface area (Å²) in [4.78, 5) is 26.5. The number of nitrogens with zero attached hydrogens (tertiary/aromatic N) is 3. The lowest BCUT2D eigenvalue weighted by Crippen LogP contribution is -2.40. The predicted molar refractivity (Wildman–Crippen MR) is 98.5 cm³/mol. The van der Waals surface area contributed by atoms with Crippen molar-refractivity contribution in [2.45, 2.75) is 6.92 Å². The first-order valence-corrected chi connectivity index (χ1v) is 8.91. The van der Waals surface area contributed by atoms with Crippen molar-refractivity contribution >= 4 is 33.0 Å². The number of morpholine rings is 1. The van der Waals surface area contributed by atoms with Crippen molar-refractivity contribution in [3.63, 3.8) is 0 Å². The van der Waals surface area contributed by atoms with Gasteiger partial charge in [-0.25, -0.2) is 9.97 Å². The normalized spacial score (nSPS) is 14.9. The molecule has 25 heavy (non-hydrogen) atoms. The van der Waals surface area contributed by atoms with Gasteiger partial charge in [-0.3, -0.25) is 4.79 Å². The van der Waals surface area contributed by atoms with Crippen molar-refractivity contribution in [1.82, 2.24) is 19.9 Å². The molecule has 0 saturated carbocycles. The van der Waals surface area contributed by atoms with E-state index in [1.54, 1.807) is 6.20 Å². The van der Waals surface area contributed by atoms with Crippen LogP contribution in [0.25, 0.3) is 22.6 Å². The summed E-state index contributed by atoms with van der Waals surface area (Å²) in [5, 5.41) is 0. The number of amides is 1. The molecule has 6 nitrogen and oxygen atoms in total. The number of halogens is 1. The molecule has 0 aliphatic carbocycles. The lowest BCUT2D eigenvalue weighted by molar-refractivity contribution is 0.0303. The number of ether oxygens (including phenoxy) is 1. The number of fused-ring (bicyclic) bond motifs is 1. The minimum Gasteiger partial charge on any atom is -0.378 e. The van der Waals surface area contributed by atoms with Gasteiger partial charge in [0.2, 0.25) is 0 Å². The van der Waals surface area contributed by atoms with Crippen LogP contribution in [0, 0.1) is 6.92 Å². The van der Waals surface area contributed by atoms with Crippen molar-refractivity contribution in [1.29, 1.82) is 0 Å². The highest BCUT2D eigenvalue weighted by Gasteiger charge is 2.18. The largest absolute Gasteiger partial charge is 0.378 e. The van der Waals surface area contributed by atoms with Crippen molar-refractivity contribution in [2.24, 2.45) is 0 Å². The second kappa shape index (κ2) is 6.57. The third-order valence-electron chi connectivity index (χ3n) is 4.42. The fourth-order valence-electron chi connectivity index (χ4n) is 2.91. The fourth-order valence-corrected chi connectivity index (χ4v) is 3.21. The van der Waals surface area contributed by atoms with E-state index in [2.05, 4.69) is 30.9 Å². The Morgan fingerprint density at radius 1 is 1.24 bits per heavy atom. The monoisotopic (exact) mass is 400 g/mol. The predicted octanol–water partition coefficient (Wildman–Crippen LogP) is 3.17. The maximum atomic E-state index is 12.5. The van der Waals surface area contributed by atoms with E-state index >= 15 is 0 Å². The van der Waals surface area contributed by atoms with Crippen LogP contribution in [0.2, 0.25) is 0 Å². The molecule has 1 aliphatic rings. The molecule has 1 fully saturated rings. The maximum absolute atomic E-state index is 12.5. The first kappa shape index (κ1) is 16.2. The Balaban J connectivity index is 1.61. The summed E-state index contributed by atoms with van der Waals surface area (Å²) in [6.45, 7) is 4.50. The summed E-state index contributed by atoms with van der Waals surface area (Å²) in [7, 11) is 0. The lowest BCUT2D eigenvalue weighted by atomic mass is 10.1. The molecule has 1 aliphatic heterocycles. The number of rotatable bonds is 2. The Bertz CT molecular complexity index is 930. The van der Waals surface area contributed by atoms with E-state index in [9.17, 15) is 4.79 Å². The molecule has 3 aromatic rings. The maximum Gasteiger partial charge on any atom is 0.254 e. The molecule has 0 bridgehead atoms. The third-order valence-corrected chi connectivity index (χ3v) is 5.22. The van der Waals surface area contributed by atoms with Crippen molar-refractivity contribution in [3.05, 3.63) is 46.1 Å². The Kier molecular flexibility index (Phi) is 4.27. The minimum absolute atomic E-state index is 0.0425. The summed E-state index contributed by atoms with van der Waals surface area (Å²) in [6.07, 6.45) is 1.76. The van der Waals surface area contributed by atoms with Crippen molar-refractivity contribution in [2.75, 3.05) is 26.3 Å². The van der Waals surface area contributed by atoms with Gasteiger partial charge in [-0.15, -0.1) is 0 Å². The van der Waals surface area contributed by atoms with Crippen LogP contribution >= 0.6 is 15.9 Å². The number of imidazole rings is 1. The zero-order chi connectivity index (χ0) is 17.4. The minimum atomic E-state index is 0.0425. The molecule has 0 atom stereocenters. The topological polar surface area (TPSA) is 71.1 Å². The number of hydrogen-bond acceptors (Lipinski definition) is 4. The van der Waals surface area contributed by atoms with Gasteiger partial charge in [-0.05, 0) is 40.5 Å². The van der Waals surface area contributed by atoms with Crippen molar-refractivity contribution in [3.8, 4) is 11.4 Å². The average Bonchev–Trinajstić information content (AvgIpc) is 3.10. The van der Waals surface area contributed by atoms with E-state index in [4.69, 9.17) is 4.74 Å². The molecule has 1 amide bonds. The first-order valence-electron chi connectivity index (χ1n) is 8.12. The van der Waals surface area contributed by atoms with Gasteiger partial charge in [0.15, 0.2) is 5.65 Å². The third kappa shape index (κ3) is 3.05. The molecule has 1 N–H and O–H groups in total. The number of H-pyrrole nitrogens is 1. The SMILES string of the molecule is Cc1c(Br)cnc2nc(-c3ccc(C(=O)N4CCOCC4)cc3)[nH]c12. The number of benzene rings is 1. The lowest BCUT2D eigenvalue weighted by Gasteiger charge is -2.26. The standard InChI is InChI=1S/C18H17BrN4O2/c1-11-14(19)10-20-17-15(11)21-16(22-17)12-2-4-13(5-3-12)18(24)23-6-8-25-9-7-23/h2-5,10H,6-9H2,1H3,(H,20,21,22). The van der Waals surface area contributed by atoms with Gasteiger partial charge in [0.25, 0.3) is 5.91 Å². The number of nitrogens with one attached hydrogen (secondary N) is 1. The fraction of sp³-hybridized carbons (Fsp3) is 0.278. The number of aryl methyl sites for hydroxylation is 1. The van der Waals surface area contributed by atoms with Gasteiger partial charge in [0.05, 0.1) is 18.7 Å². The molecule has 4 rings (SSSR count). The van der Waals surface area contributed by atoms with Gasteiger partial charge in [0, 0.05) is 34.9 Å². The zero-order valence-electron chi connectivity index (χ0n) is 13.8. The Morgan fingerprint density at radius 2 is 1.96 bits per heavy atom. The van der Waals surface area contributed by atoms with Crippen LogP contribution in [-0.2, 0) is 4.74 Å². The van der Waals surface area contributed by atoms with Crippen molar-refractivity contribution < 1.29 is 9.53 Å². The summed E-state index contributed by atoms with van der Waals surface area (Å²) in [5.74, 6) is 0.787. The first-order chi connectivity index (χ1) is 12.1. The Morgan fingerprint density at radius 3 is 2.68 bits per heavy atom. The van der Waals surface area contributed by atoms with Gasteiger partial charge >= 0.3 is 0 Å². The highest BCUT2D eigenvalue weighted by atomic mass is 79.9. The molecule has 1 aromatic carbocycles. The molecule has 3 heterocycles.